The Morgan fingerprint density at radius 1 is 1.36 bits per heavy atom. The van der Waals surface area contributed by atoms with Gasteiger partial charge in [0.15, 0.2) is 0 Å². The number of rotatable bonds is 2. The van der Waals surface area contributed by atoms with Crippen LogP contribution in [0.1, 0.15) is 49.3 Å². The average molecular weight is 183 g/mol. The summed E-state index contributed by atoms with van der Waals surface area (Å²) in [6, 6.07) is 6.30. The van der Waals surface area contributed by atoms with Crippen molar-refractivity contribution in [1.82, 2.24) is 0 Å². The Kier molecular flexibility index (Phi) is 2.33. The van der Waals surface area contributed by atoms with E-state index in [2.05, 4.69) is 38.0 Å². The van der Waals surface area contributed by atoms with Gasteiger partial charge in [-0.3, -0.25) is 0 Å². The predicted molar refractivity (Wildman–Crippen MR) is 60.0 cm³/mol. The molecule has 0 nitrogen and oxygen atoms in total. The van der Waals surface area contributed by atoms with E-state index in [1.807, 2.05) is 0 Å². The molecule has 1 radical (unpaired) electrons. The highest BCUT2D eigenvalue weighted by Crippen LogP contribution is 2.44. The van der Waals surface area contributed by atoms with Gasteiger partial charge in [0, 0.05) is 5.56 Å². The highest BCUT2D eigenvalue weighted by atomic mass is 14.3. The van der Waals surface area contributed by atoms with Crippen molar-refractivity contribution in [3.8, 4) is 12.3 Å². The van der Waals surface area contributed by atoms with Crippen LogP contribution in [0.5, 0.6) is 0 Å². The third-order valence-electron chi connectivity index (χ3n) is 2.79. The summed E-state index contributed by atoms with van der Waals surface area (Å²) in [6.07, 6.45) is 8.14. The second-order valence-electron chi connectivity index (χ2n) is 4.19. The van der Waals surface area contributed by atoms with Crippen molar-refractivity contribution in [1.29, 1.82) is 0 Å². The summed E-state index contributed by atoms with van der Waals surface area (Å²) < 4.78 is 0. The molecule has 0 amide bonds. The van der Waals surface area contributed by atoms with Crippen molar-refractivity contribution in [3.63, 3.8) is 0 Å². The normalized spacial score (nSPS) is 15.6. The molecule has 14 heavy (non-hydrogen) atoms. The van der Waals surface area contributed by atoms with E-state index in [1.165, 1.54) is 29.9 Å². The maximum absolute atomic E-state index is 5.53. The highest BCUT2D eigenvalue weighted by molar-refractivity contribution is 5.52. The zero-order valence-corrected chi connectivity index (χ0v) is 8.80. The van der Waals surface area contributed by atoms with E-state index in [0.717, 1.165) is 11.5 Å². The number of hydrogen-bond donors (Lipinski definition) is 0. The first kappa shape index (κ1) is 9.34. The predicted octanol–water partition coefficient (Wildman–Crippen LogP) is 3.51. The topological polar surface area (TPSA) is 0 Å². The first-order valence-corrected chi connectivity index (χ1v) is 5.14. The lowest BCUT2D eigenvalue weighted by Gasteiger charge is -2.13. The van der Waals surface area contributed by atoms with E-state index >= 15 is 0 Å². The summed E-state index contributed by atoms with van der Waals surface area (Å²) in [6.45, 7) is 4.31. The van der Waals surface area contributed by atoms with Gasteiger partial charge in [0.1, 0.15) is 0 Å². The summed E-state index contributed by atoms with van der Waals surface area (Å²) in [5.41, 5.74) is 3.86. The average Bonchev–Trinajstić information content (AvgIpc) is 2.99. The maximum Gasteiger partial charge on any atom is 0.0280 e. The van der Waals surface area contributed by atoms with Crippen LogP contribution in [0, 0.1) is 18.3 Å². The fourth-order valence-electron chi connectivity index (χ4n) is 1.94. The first-order chi connectivity index (χ1) is 6.74. The largest absolute Gasteiger partial charge is 0.115 e. The molecule has 1 aromatic carbocycles. The fraction of sp³-hybridized carbons (Fsp3) is 0.357. The minimum atomic E-state index is 0.729. The molecule has 1 saturated carbocycles. The van der Waals surface area contributed by atoms with Gasteiger partial charge < -0.3 is 0 Å². The summed E-state index contributed by atoms with van der Waals surface area (Å²) in [5, 5.41) is 0. The van der Waals surface area contributed by atoms with Crippen LogP contribution in [0.4, 0.5) is 0 Å². The maximum atomic E-state index is 5.53. The van der Waals surface area contributed by atoms with Crippen molar-refractivity contribution in [2.45, 2.75) is 32.6 Å². The van der Waals surface area contributed by atoms with Gasteiger partial charge >= 0.3 is 0 Å². The van der Waals surface area contributed by atoms with Crippen LogP contribution in [0.2, 0.25) is 0 Å². The quantitative estimate of drug-likeness (QED) is 0.615. The minimum absolute atomic E-state index is 0.729. The second-order valence-corrected chi connectivity index (χ2v) is 4.19. The standard InChI is InChI=1S/C14H15/c1-4-11-6-5-7-13(10(2)3)14(11)12-8-9-12/h1,5-7,12H,8-9H2,2-3H3. The Balaban J connectivity index is 2.54. The van der Waals surface area contributed by atoms with Crippen molar-refractivity contribution in [2.75, 3.05) is 0 Å². The van der Waals surface area contributed by atoms with Crippen LogP contribution in [0.3, 0.4) is 0 Å². The van der Waals surface area contributed by atoms with Gasteiger partial charge in [0.25, 0.3) is 0 Å². The molecule has 1 aromatic rings. The molecule has 2 rings (SSSR count). The minimum Gasteiger partial charge on any atom is -0.115 e. The van der Waals surface area contributed by atoms with Gasteiger partial charge in [-0.25, -0.2) is 0 Å². The Hall–Kier alpha value is -1.22. The molecular weight excluding hydrogens is 168 g/mol. The first-order valence-electron chi connectivity index (χ1n) is 5.14. The van der Waals surface area contributed by atoms with Crippen LogP contribution in [-0.2, 0) is 0 Å². The Labute approximate surface area is 86.3 Å². The fourth-order valence-corrected chi connectivity index (χ4v) is 1.94. The monoisotopic (exact) mass is 183 g/mol. The SMILES string of the molecule is C#Cc1cccc([C](C)C)c1C1CC1. The molecule has 0 saturated heterocycles. The molecule has 0 aromatic heterocycles. The van der Waals surface area contributed by atoms with Crippen molar-refractivity contribution in [3.05, 3.63) is 40.8 Å². The van der Waals surface area contributed by atoms with E-state index < -0.39 is 0 Å². The van der Waals surface area contributed by atoms with Gasteiger partial charge in [0.2, 0.25) is 0 Å². The molecule has 0 aliphatic heterocycles. The van der Waals surface area contributed by atoms with E-state index in [-0.39, 0.29) is 0 Å². The number of hydrogen-bond acceptors (Lipinski definition) is 0. The van der Waals surface area contributed by atoms with Crippen molar-refractivity contribution >= 4 is 0 Å². The van der Waals surface area contributed by atoms with Crippen LogP contribution in [0.15, 0.2) is 18.2 Å². The molecule has 0 N–H and O–H groups in total. The third kappa shape index (κ3) is 1.55. The van der Waals surface area contributed by atoms with E-state index in [4.69, 9.17) is 6.42 Å². The Morgan fingerprint density at radius 2 is 2.07 bits per heavy atom. The molecule has 0 heteroatoms. The lowest BCUT2D eigenvalue weighted by Crippen LogP contribution is -1.98. The zero-order chi connectivity index (χ0) is 10.1. The molecule has 0 bridgehead atoms. The van der Waals surface area contributed by atoms with E-state index in [9.17, 15) is 0 Å². The molecule has 1 fully saturated rings. The Morgan fingerprint density at radius 3 is 2.57 bits per heavy atom. The zero-order valence-electron chi connectivity index (χ0n) is 8.80. The number of benzene rings is 1. The summed E-state index contributed by atoms with van der Waals surface area (Å²) in [7, 11) is 0. The lowest BCUT2D eigenvalue weighted by atomic mass is 9.91. The molecule has 0 atom stereocenters. The molecule has 0 spiro atoms. The van der Waals surface area contributed by atoms with Crippen LogP contribution >= 0.6 is 0 Å². The van der Waals surface area contributed by atoms with Gasteiger partial charge in [-0.05, 0) is 41.9 Å². The van der Waals surface area contributed by atoms with Crippen molar-refractivity contribution in [2.24, 2.45) is 0 Å². The van der Waals surface area contributed by atoms with Crippen LogP contribution in [-0.4, -0.2) is 0 Å². The highest BCUT2D eigenvalue weighted by Gasteiger charge is 2.28. The van der Waals surface area contributed by atoms with E-state index in [1.54, 1.807) is 0 Å². The summed E-state index contributed by atoms with van der Waals surface area (Å²) in [4.78, 5) is 0. The summed E-state index contributed by atoms with van der Waals surface area (Å²) in [5.74, 6) is 4.89. The summed E-state index contributed by atoms with van der Waals surface area (Å²) >= 11 is 0. The molecular formula is C14H15. The Bertz CT molecular complexity index is 376. The molecule has 1 aliphatic carbocycles. The lowest BCUT2D eigenvalue weighted by molar-refractivity contribution is 1.04. The molecule has 71 valence electrons. The second kappa shape index (κ2) is 3.50. The van der Waals surface area contributed by atoms with Gasteiger partial charge in [-0.2, -0.15) is 0 Å². The van der Waals surface area contributed by atoms with Crippen LogP contribution in [0.25, 0.3) is 0 Å². The molecule has 1 aliphatic rings. The molecule has 0 heterocycles. The number of terminal acetylenes is 1. The van der Waals surface area contributed by atoms with Gasteiger partial charge in [-0.1, -0.05) is 31.9 Å². The van der Waals surface area contributed by atoms with Crippen molar-refractivity contribution < 1.29 is 0 Å². The smallest absolute Gasteiger partial charge is 0.0280 e. The third-order valence-corrected chi connectivity index (χ3v) is 2.79. The van der Waals surface area contributed by atoms with E-state index in [0.29, 0.717) is 0 Å². The van der Waals surface area contributed by atoms with Gasteiger partial charge in [0.05, 0.1) is 0 Å². The van der Waals surface area contributed by atoms with Gasteiger partial charge in [-0.15, -0.1) is 6.42 Å². The molecule has 0 unspecified atom stereocenters. The van der Waals surface area contributed by atoms with Crippen LogP contribution < -0.4 is 0 Å².